The Morgan fingerprint density at radius 2 is 1.60 bits per heavy atom. The fourth-order valence-corrected chi connectivity index (χ4v) is 2.80. The average molecular weight is 343 g/mol. The molecular weight excluding hydrogens is 316 g/mol. The summed E-state index contributed by atoms with van der Waals surface area (Å²) in [5.41, 5.74) is 0. The summed E-state index contributed by atoms with van der Waals surface area (Å²) in [5.74, 6) is 3.66. The van der Waals surface area contributed by atoms with Gasteiger partial charge in [0.05, 0.1) is 0 Å². The standard InChI is InChI=1S/C15H27BrN4/c1-6-7-17-14-13(16)15(20-9-19-14)18-8-12(10(2)3)11(4)5/h9-12H,6-8H2,1-5H3,(H2,17,18,19,20). The zero-order valence-electron chi connectivity index (χ0n) is 13.2. The van der Waals surface area contributed by atoms with Crippen LogP contribution < -0.4 is 10.6 Å². The third-order valence-electron chi connectivity index (χ3n) is 3.55. The highest BCUT2D eigenvalue weighted by molar-refractivity contribution is 9.10. The molecule has 0 fully saturated rings. The van der Waals surface area contributed by atoms with Gasteiger partial charge in [-0.2, -0.15) is 0 Å². The van der Waals surface area contributed by atoms with Gasteiger partial charge < -0.3 is 10.6 Å². The van der Waals surface area contributed by atoms with E-state index in [2.05, 4.69) is 71.2 Å². The van der Waals surface area contributed by atoms with Crippen molar-refractivity contribution in [3.63, 3.8) is 0 Å². The minimum Gasteiger partial charge on any atom is -0.369 e. The molecular formula is C15H27BrN4. The summed E-state index contributed by atoms with van der Waals surface area (Å²) in [6.45, 7) is 13.1. The van der Waals surface area contributed by atoms with Crippen LogP contribution in [-0.4, -0.2) is 23.1 Å². The van der Waals surface area contributed by atoms with E-state index in [0.29, 0.717) is 17.8 Å². The van der Waals surface area contributed by atoms with Gasteiger partial charge in [-0.1, -0.05) is 34.6 Å². The van der Waals surface area contributed by atoms with E-state index in [4.69, 9.17) is 0 Å². The number of nitrogens with one attached hydrogen (secondary N) is 2. The summed E-state index contributed by atoms with van der Waals surface area (Å²) in [7, 11) is 0. The minimum absolute atomic E-state index is 0.629. The number of aromatic nitrogens is 2. The molecule has 0 aliphatic carbocycles. The van der Waals surface area contributed by atoms with Gasteiger partial charge in [-0.25, -0.2) is 9.97 Å². The van der Waals surface area contributed by atoms with Crippen molar-refractivity contribution < 1.29 is 0 Å². The lowest BCUT2D eigenvalue weighted by Crippen LogP contribution is -2.25. The Morgan fingerprint density at radius 1 is 1.05 bits per heavy atom. The molecule has 0 saturated heterocycles. The van der Waals surface area contributed by atoms with E-state index >= 15 is 0 Å². The van der Waals surface area contributed by atoms with E-state index in [0.717, 1.165) is 35.6 Å². The lowest BCUT2D eigenvalue weighted by Gasteiger charge is -2.25. The third-order valence-corrected chi connectivity index (χ3v) is 4.30. The molecule has 1 aromatic rings. The first kappa shape index (κ1) is 17.2. The number of halogens is 1. The van der Waals surface area contributed by atoms with Crippen molar-refractivity contribution in [3.8, 4) is 0 Å². The summed E-state index contributed by atoms with van der Waals surface area (Å²) >= 11 is 3.59. The summed E-state index contributed by atoms with van der Waals surface area (Å²) < 4.78 is 0.916. The fourth-order valence-electron chi connectivity index (χ4n) is 2.32. The molecule has 0 bridgehead atoms. The molecule has 2 N–H and O–H groups in total. The van der Waals surface area contributed by atoms with Crippen LogP contribution in [0, 0.1) is 17.8 Å². The van der Waals surface area contributed by atoms with Crippen LogP contribution >= 0.6 is 15.9 Å². The van der Waals surface area contributed by atoms with E-state index in [1.54, 1.807) is 6.33 Å². The molecule has 0 spiro atoms. The molecule has 4 nitrogen and oxygen atoms in total. The molecule has 0 aliphatic rings. The van der Waals surface area contributed by atoms with E-state index < -0.39 is 0 Å². The largest absolute Gasteiger partial charge is 0.369 e. The van der Waals surface area contributed by atoms with Crippen LogP contribution in [0.5, 0.6) is 0 Å². The van der Waals surface area contributed by atoms with Gasteiger partial charge in [0.15, 0.2) is 0 Å². The van der Waals surface area contributed by atoms with Crippen molar-refractivity contribution in [1.29, 1.82) is 0 Å². The third kappa shape index (κ3) is 4.93. The van der Waals surface area contributed by atoms with Gasteiger partial charge in [0.25, 0.3) is 0 Å². The fraction of sp³-hybridized carbons (Fsp3) is 0.733. The number of nitrogens with zero attached hydrogens (tertiary/aromatic N) is 2. The van der Waals surface area contributed by atoms with Crippen molar-refractivity contribution in [2.75, 3.05) is 23.7 Å². The van der Waals surface area contributed by atoms with Gasteiger partial charge in [-0.15, -0.1) is 0 Å². The molecule has 5 heteroatoms. The summed E-state index contributed by atoms with van der Waals surface area (Å²) in [6.07, 6.45) is 2.67. The maximum atomic E-state index is 4.33. The van der Waals surface area contributed by atoms with Gasteiger partial charge >= 0.3 is 0 Å². The Hall–Kier alpha value is -0.840. The zero-order valence-corrected chi connectivity index (χ0v) is 14.8. The molecule has 0 saturated carbocycles. The number of rotatable bonds is 8. The van der Waals surface area contributed by atoms with Crippen LogP contribution in [0.15, 0.2) is 10.8 Å². The minimum atomic E-state index is 0.629. The molecule has 0 radical (unpaired) electrons. The Balaban J connectivity index is 2.72. The normalized spacial score (nSPS) is 11.4. The summed E-state index contributed by atoms with van der Waals surface area (Å²) in [5, 5.41) is 6.75. The molecule has 0 unspecified atom stereocenters. The smallest absolute Gasteiger partial charge is 0.145 e. The first-order valence-electron chi connectivity index (χ1n) is 7.45. The Bertz CT molecular complexity index is 399. The summed E-state index contributed by atoms with van der Waals surface area (Å²) in [6, 6.07) is 0. The Morgan fingerprint density at radius 3 is 2.10 bits per heavy atom. The average Bonchev–Trinajstić information content (AvgIpc) is 2.38. The highest BCUT2D eigenvalue weighted by Crippen LogP contribution is 2.28. The maximum Gasteiger partial charge on any atom is 0.145 e. The topological polar surface area (TPSA) is 49.8 Å². The molecule has 0 atom stereocenters. The quantitative estimate of drug-likeness (QED) is 0.734. The highest BCUT2D eigenvalue weighted by Gasteiger charge is 2.18. The first-order valence-corrected chi connectivity index (χ1v) is 8.24. The second kappa shape index (κ2) is 8.45. The molecule has 20 heavy (non-hydrogen) atoms. The van der Waals surface area contributed by atoms with Gasteiger partial charge in [-0.3, -0.25) is 0 Å². The Kier molecular flexibility index (Phi) is 7.27. The van der Waals surface area contributed by atoms with Gasteiger partial charge in [0, 0.05) is 13.1 Å². The predicted octanol–water partition coefficient (Wildman–Crippen LogP) is 4.40. The monoisotopic (exact) mass is 342 g/mol. The molecule has 1 rings (SSSR count). The molecule has 1 heterocycles. The van der Waals surface area contributed by atoms with Gasteiger partial charge in [0.2, 0.25) is 0 Å². The highest BCUT2D eigenvalue weighted by atomic mass is 79.9. The van der Waals surface area contributed by atoms with Crippen molar-refractivity contribution in [2.24, 2.45) is 17.8 Å². The molecule has 0 aromatic carbocycles. The van der Waals surface area contributed by atoms with Crippen LogP contribution in [-0.2, 0) is 0 Å². The van der Waals surface area contributed by atoms with E-state index in [1.165, 1.54) is 0 Å². The van der Waals surface area contributed by atoms with E-state index in [1.807, 2.05) is 0 Å². The van der Waals surface area contributed by atoms with Crippen molar-refractivity contribution in [3.05, 3.63) is 10.8 Å². The maximum absolute atomic E-state index is 4.33. The van der Waals surface area contributed by atoms with Crippen molar-refractivity contribution >= 4 is 27.6 Å². The van der Waals surface area contributed by atoms with Crippen LogP contribution in [0.3, 0.4) is 0 Å². The molecule has 0 aliphatic heterocycles. The van der Waals surface area contributed by atoms with E-state index in [-0.39, 0.29) is 0 Å². The van der Waals surface area contributed by atoms with Gasteiger partial charge in [0.1, 0.15) is 22.4 Å². The van der Waals surface area contributed by atoms with Crippen molar-refractivity contribution in [2.45, 2.75) is 41.0 Å². The number of anilines is 2. The van der Waals surface area contributed by atoms with Crippen LogP contribution in [0.2, 0.25) is 0 Å². The van der Waals surface area contributed by atoms with Crippen molar-refractivity contribution in [1.82, 2.24) is 9.97 Å². The van der Waals surface area contributed by atoms with Crippen LogP contribution in [0.1, 0.15) is 41.0 Å². The van der Waals surface area contributed by atoms with Gasteiger partial charge in [-0.05, 0) is 40.1 Å². The first-order chi connectivity index (χ1) is 9.47. The lowest BCUT2D eigenvalue weighted by molar-refractivity contribution is 0.304. The van der Waals surface area contributed by atoms with E-state index in [9.17, 15) is 0 Å². The SMILES string of the molecule is CCCNc1ncnc(NCC(C(C)C)C(C)C)c1Br. The lowest BCUT2D eigenvalue weighted by atomic mass is 9.85. The molecule has 1 aromatic heterocycles. The second-order valence-electron chi connectivity index (χ2n) is 5.84. The number of hydrogen-bond acceptors (Lipinski definition) is 4. The second-order valence-corrected chi connectivity index (χ2v) is 6.64. The Labute approximate surface area is 131 Å². The molecule has 114 valence electrons. The molecule has 0 amide bonds. The van der Waals surface area contributed by atoms with Crippen LogP contribution in [0.25, 0.3) is 0 Å². The van der Waals surface area contributed by atoms with Crippen LogP contribution in [0.4, 0.5) is 11.6 Å². The predicted molar refractivity (Wildman–Crippen MR) is 90.2 cm³/mol. The zero-order chi connectivity index (χ0) is 15.1. The number of hydrogen-bond donors (Lipinski definition) is 2. The summed E-state index contributed by atoms with van der Waals surface area (Å²) in [4.78, 5) is 8.59.